The molecule has 2 atom stereocenters. The van der Waals surface area contributed by atoms with Gasteiger partial charge in [-0.1, -0.05) is 20.3 Å². The van der Waals surface area contributed by atoms with E-state index < -0.39 is 0 Å². The highest BCUT2D eigenvalue weighted by Crippen LogP contribution is 2.22. The lowest BCUT2D eigenvalue weighted by Gasteiger charge is -2.46. The molecule has 108 valence electrons. The SMILES string of the molecule is CCC(C)C1CNC(C)(C)CN1CCn1cccn1. The number of hydrogen-bond acceptors (Lipinski definition) is 3. The van der Waals surface area contributed by atoms with Crippen molar-refractivity contribution >= 4 is 0 Å². The first-order valence-corrected chi connectivity index (χ1v) is 7.48. The second-order valence-corrected chi connectivity index (χ2v) is 6.46. The first-order chi connectivity index (χ1) is 9.02. The fourth-order valence-corrected chi connectivity index (χ4v) is 2.93. The average Bonchev–Trinajstić information content (AvgIpc) is 2.88. The molecule has 1 aromatic rings. The molecule has 1 aliphatic rings. The lowest BCUT2D eigenvalue weighted by molar-refractivity contribution is 0.0599. The number of rotatable bonds is 5. The predicted octanol–water partition coefficient (Wildman–Crippen LogP) is 1.98. The number of nitrogens with zero attached hydrogens (tertiary/aromatic N) is 3. The summed E-state index contributed by atoms with van der Waals surface area (Å²) >= 11 is 0. The fourth-order valence-electron chi connectivity index (χ4n) is 2.93. The highest BCUT2D eigenvalue weighted by atomic mass is 15.3. The summed E-state index contributed by atoms with van der Waals surface area (Å²) in [6, 6.07) is 2.64. The van der Waals surface area contributed by atoms with Crippen LogP contribution < -0.4 is 5.32 Å². The summed E-state index contributed by atoms with van der Waals surface area (Å²) in [5.41, 5.74) is 0.216. The lowest BCUT2D eigenvalue weighted by Crippen LogP contribution is -2.63. The summed E-state index contributed by atoms with van der Waals surface area (Å²) in [4.78, 5) is 2.65. The monoisotopic (exact) mass is 264 g/mol. The van der Waals surface area contributed by atoms with E-state index in [1.54, 1.807) is 0 Å². The van der Waals surface area contributed by atoms with Gasteiger partial charge in [0.05, 0.1) is 6.54 Å². The Kier molecular flexibility index (Phi) is 4.63. The van der Waals surface area contributed by atoms with Gasteiger partial charge >= 0.3 is 0 Å². The molecule has 0 bridgehead atoms. The topological polar surface area (TPSA) is 33.1 Å². The maximum atomic E-state index is 4.30. The minimum atomic E-state index is 0.216. The molecule has 0 radical (unpaired) electrons. The van der Waals surface area contributed by atoms with Crippen molar-refractivity contribution in [2.24, 2.45) is 5.92 Å². The van der Waals surface area contributed by atoms with Crippen molar-refractivity contribution in [3.05, 3.63) is 18.5 Å². The number of hydrogen-bond donors (Lipinski definition) is 1. The maximum absolute atomic E-state index is 4.30. The van der Waals surface area contributed by atoms with E-state index in [-0.39, 0.29) is 5.54 Å². The van der Waals surface area contributed by atoms with Crippen LogP contribution in [0.25, 0.3) is 0 Å². The smallest absolute Gasteiger partial charge is 0.0536 e. The molecule has 2 rings (SSSR count). The molecule has 19 heavy (non-hydrogen) atoms. The third kappa shape index (κ3) is 3.80. The zero-order chi connectivity index (χ0) is 13.9. The van der Waals surface area contributed by atoms with Gasteiger partial charge in [0.15, 0.2) is 0 Å². The van der Waals surface area contributed by atoms with Gasteiger partial charge < -0.3 is 5.32 Å². The van der Waals surface area contributed by atoms with Gasteiger partial charge in [0.25, 0.3) is 0 Å². The van der Waals surface area contributed by atoms with Crippen molar-refractivity contribution in [1.82, 2.24) is 20.0 Å². The van der Waals surface area contributed by atoms with Crippen LogP contribution >= 0.6 is 0 Å². The van der Waals surface area contributed by atoms with Gasteiger partial charge in [0.1, 0.15) is 0 Å². The van der Waals surface area contributed by atoms with E-state index in [2.05, 4.69) is 43.0 Å². The highest BCUT2D eigenvalue weighted by molar-refractivity contribution is 4.93. The second-order valence-electron chi connectivity index (χ2n) is 6.46. The minimum absolute atomic E-state index is 0.216. The molecule has 2 unspecified atom stereocenters. The molecular formula is C15H28N4. The van der Waals surface area contributed by atoms with Crippen molar-refractivity contribution in [3.8, 4) is 0 Å². The van der Waals surface area contributed by atoms with Crippen molar-refractivity contribution < 1.29 is 0 Å². The highest BCUT2D eigenvalue weighted by Gasteiger charge is 2.34. The largest absolute Gasteiger partial charge is 0.309 e. The first-order valence-electron chi connectivity index (χ1n) is 7.48. The van der Waals surface area contributed by atoms with E-state index in [0.29, 0.717) is 6.04 Å². The Hall–Kier alpha value is -0.870. The zero-order valence-corrected chi connectivity index (χ0v) is 12.8. The molecule has 1 fully saturated rings. The molecule has 1 N–H and O–H groups in total. The third-order valence-electron chi connectivity index (χ3n) is 4.33. The molecule has 1 saturated heterocycles. The summed E-state index contributed by atoms with van der Waals surface area (Å²) in [7, 11) is 0. The average molecular weight is 264 g/mol. The van der Waals surface area contributed by atoms with Crippen molar-refractivity contribution in [1.29, 1.82) is 0 Å². The molecule has 4 nitrogen and oxygen atoms in total. The van der Waals surface area contributed by atoms with Crippen LogP contribution in [-0.4, -0.2) is 45.9 Å². The fraction of sp³-hybridized carbons (Fsp3) is 0.800. The molecule has 1 aromatic heterocycles. The molecule has 0 saturated carbocycles. The van der Waals surface area contributed by atoms with Gasteiger partial charge in [0.2, 0.25) is 0 Å². The van der Waals surface area contributed by atoms with E-state index in [4.69, 9.17) is 0 Å². The van der Waals surface area contributed by atoms with Crippen LogP contribution in [0.3, 0.4) is 0 Å². The number of nitrogens with one attached hydrogen (secondary N) is 1. The van der Waals surface area contributed by atoms with Crippen LogP contribution in [0.2, 0.25) is 0 Å². The summed E-state index contributed by atoms with van der Waals surface area (Å²) in [5, 5.41) is 7.98. The van der Waals surface area contributed by atoms with Crippen LogP contribution in [-0.2, 0) is 6.54 Å². The standard InChI is InChI=1S/C15H28N4/c1-5-13(2)14-11-16-15(3,4)12-18(14)9-10-19-8-6-7-17-19/h6-8,13-14,16H,5,9-12H2,1-4H3. The summed E-state index contributed by atoms with van der Waals surface area (Å²) in [6.45, 7) is 13.5. The zero-order valence-electron chi connectivity index (χ0n) is 12.8. The minimum Gasteiger partial charge on any atom is -0.309 e. The maximum Gasteiger partial charge on any atom is 0.0536 e. The van der Waals surface area contributed by atoms with E-state index in [9.17, 15) is 0 Å². The molecule has 1 aliphatic heterocycles. The Bertz CT molecular complexity index is 372. The van der Waals surface area contributed by atoms with Crippen molar-refractivity contribution in [2.75, 3.05) is 19.6 Å². The normalized spacial score (nSPS) is 25.4. The van der Waals surface area contributed by atoms with E-state index in [1.165, 1.54) is 6.42 Å². The Labute approximate surface area is 117 Å². The molecule has 0 amide bonds. The summed E-state index contributed by atoms with van der Waals surface area (Å²) < 4.78 is 2.03. The molecular weight excluding hydrogens is 236 g/mol. The predicted molar refractivity (Wildman–Crippen MR) is 79.1 cm³/mol. The quantitative estimate of drug-likeness (QED) is 0.883. The Morgan fingerprint density at radius 2 is 2.21 bits per heavy atom. The van der Waals surface area contributed by atoms with E-state index in [1.807, 2.05) is 23.1 Å². The van der Waals surface area contributed by atoms with E-state index >= 15 is 0 Å². The van der Waals surface area contributed by atoms with Gasteiger partial charge in [-0.25, -0.2) is 0 Å². The van der Waals surface area contributed by atoms with Crippen LogP contribution in [0.4, 0.5) is 0 Å². The van der Waals surface area contributed by atoms with Gasteiger partial charge in [-0.2, -0.15) is 5.10 Å². The number of piperazine rings is 1. The van der Waals surface area contributed by atoms with Gasteiger partial charge in [-0.15, -0.1) is 0 Å². The van der Waals surface area contributed by atoms with Crippen molar-refractivity contribution in [2.45, 2.75) is 52.2 Å². The van der Waals surface area contributed by atoms with Crippen LogP contribution in [0.5, 0.6) is 0 Å². The molecule has 0 spiro atoms. The first kappa shape index (κ1) is 14.5. The number of aromatic nitrogens is 2. The molecule has 2 heterocycles. The molecule has 4 heteroatoms. The van der Waals surface area contributed by atoms with Crippen LogP contribution in [0.15, 0.2) is 18.5 Å². The molecule has 0 aliphatic carbocycles. The lowest BCUT2D eigenvalue weighted by atomic mass is 9.91. The Morgan fingerprint density at radius 3 is 2.84 bits per heavy atom. The Morgan fingerprint density at radius 1 is 1.42 bits per heavy atom. The van der Waals surface area contributed by atoms with Gasteiger partial charge in [-0.05, 0) is 25.8 Å². The molecule has 0 aromatic carbocycles. The van der Waals surface area contributed by atoms with Gasteiger partial charge in [0, 0.05) is 43.6 Å². The summed E-state index contributed by atoms with van der Waals surface area (Å²) in [5.74, 6) is 0.737. The van der Waals surface area contributed by atoms with Crippen LogP contribution in [0.1, 0.15) is 34.1 Å². The summed E-state index contributed by atoms with van der Waals surface area (Å²) in [6.07, 6.45) is 5.14. The Balaban J connectivity index is 1.98. The van der Waals surface area contributed by atoms with Gasteiger partial charge in [-0.3, -0.25) is 9.58 Å². The van der Waals surface area contributed by atoms with Crippen molar-refractivity contribution in [3.63, 3.8) is 0 Å². The second kappa shape index (κ2) is 6.06. The van der Waals surface area contributed by atoms with Crippen LogP contribution in [0, 0.1) is 5.92 Å². The third-order valence-corrected chi connectivity index (χ3v) is 4.33. The van der Waals surface area contributed by atoms with E-state index in [0.717, 1.165) is 32.1 Å².